The van der Waals surface area contributed by atoms with Crippen molar-refractivity contribution >= 4 is 18.0 Å². The van der Waals surface area contributed by atoms with E-state index >= 15 is 0 Å². The molecule has 11 heteroatoms. The molecule has 0 saturated carbocycles. The van der Waals surface area contributed by atoms with E-state index < -0.39 is 35.2 Å². The zero-order chi connectivity index (χ0) is 29.5. The number of oxazole rings is 1. The van der Waals surface area contributed by atoms with Gasteiger partial charge in [0.2, 0.25) is 5.78 Å². The predicted molar refractivity (Wildman–Crippen MR) is 145 cm³/mol. The molecule has 1 amide bonds. The fraction of sp³-hybridized carbons (Fsp3) is 0.414. The fourth-order valence-corrected chi connectivity index (χ4v) is 3.57. The SMILES string of the molecule is CC(C)(C)OC(=O)N[C@@H](C/C=C/CCC(=O)c1ncco1)c1nc(-c2ccc(F)cc2)cn1C(=O)OC(C)(C)C. The number of hydrogen-bond acceptors (Lipinski definition) is 8. The van der Waals surface area contributed by atoms with Crippen LogP contribution in [0.25, 0.3) is 11.3 Å². The molecule has 10 nitrogen and oxygen atoms in total. The van der Waals surface area contributed by atoms with Crippen LogP contribution in [0.5, 0.6) is 0 Å². The molecule has 3 rings (SSSR count). The predicted octanol–water partition coefficient (Wildman–Crippen LogP) is 6.64. The van der Waals surface area contributed by atoms with E-state index in [0.717, 1.165) is 0 Å². The quantitative estimate of drug-likeness (QED) is 0.231. The summed E-state index contributed by atoms with van der Waals surface area (Å²) in [5.74, 6) is -0.403. The zero-order valence-corrected chi connectivity index (χ0v) is 23.6. The molecule has 0 aliphatic heterocycles. The summed E-state index contributed by atoms with van der Waals surface area (Å²) in [5, 5.41) is 2.79. The second kappa shape index (κ2) is 12.7. The maximum Gasteiger partial charge on any atom is 0.420 e. The third-order valence-electron chi connectivity index (χ3n) is 5.21. The lowest BCUT2D eigenvalue weighted by molar-refractivity contribution is 0.0473. The number of Topliss-reactive ketones (excluding diaryl/α,β-unsaturated/α-hetero) is 1. The Morgan fingerprint density at radius 3 is 2.33 bits per heavy atom. The number of nitrogens with zero attached hydrogens (tertiary/aromatic N) is 3. The first-order chi connectivity index (χ1) is 18.7. The van der Waals surface area contributed by atoms with Crippen molar-refractivity contribution < 1.29 is 32.7 Å². The number of ether oxygens (including phenoxy) is 2. The van der Waals surface area contributed by atoms with Gasteiger partial charge in [0.1, 0.15) is 29.1 Å². The molecule has 0 bridgehead atoms. The Hall–Kier alpha value is -4.28. The normalized spacial score (nSPS) is 12.8. The van der Waals surface area contributed by atoms with Crippen LogP contribution in [-0.2, 0) is 9.47 Å². The second-order valence-corrected chi connectivity index (χ2v) is 11.0. The minimum Gasteiger partial charge on any atom is -0.444 e. The lowest BCUT2D eigenvalue weighted by Crippen LogP contribution is -2.37. The summed E-state index contributed by atoms with van der Waals surface area (Å²) in [7, 11) is 0. The Labute approximate surface area is 232 Å². The standard InChI is InChI=1S/C29H35FN4O6/c1-28(2,3)39-26(36)33-21(10-8-7-9-11-23(35)25-31-16-17-38-25)24-32-22(19-12-14-20(30)15-13-19)18-34(24)27(37)40-29(4,5)6/h7-8,12-18,21H,9-11H2,1-6H3,(H,33,36)/b8-7+/t21-/m0/s1. The molecule has 1 aromatic carbocycles. The van der Waals surface area contributed by atoms with Gasteiger partial charge in [-0.2, -0.15) is 0 Å². The maximum absolute atomic E-state index is 13.5. The van der Waals surface area contributed by atoms with Gasteiger partial charge in [0, 0.05) is 18.2 Å². The highest BCUT2D eigenvalue weighted by Crippen LogP contribution is 2.26. The van der Waals surface area contributed by atoms with Crippen molar-refractivity contribution in [2.45, 2.75) is 78.0 Å². The van der Waals surface area contributed by atoms with Crippen molar-refractivity contribution in [1.29, 1.82) is 0 Å². The van der Waals surface area contributed by atoms with Gasteiger partial charge in [-0.15, -0.1) is 0 Å². The van der Waals surface area contributed by atoms with E-state index in [2.05, 4.69) is 15.3 Å². The third kappa shape index (κ3) is 9.18. The minimum atomic E-state index is -0.810. The highest BCUT2D eigenvalue weighted by Gasteiger charge is 2.28. The molecular weight excluding hydrogens is 519 g/mol. The van der Waals surface area contributed by atoms with Crippen LogP contribution < -0.4 is 5.32 Å². The van der Waals surface area contributed by atoms with Gasteiger partial charge in [0.05, 0.1) is 17.9 Å². The second-order valence-electron chi connectivity index (χ2n) is 11.0. The molecule has 0 unspecified atom stereocenters. The lowest BCUT2D eigenvalue weighted by atomic mass is 10.1. The van der Waals surface area contributed by atoms with E-state index in [0.29, 0.717) is 17.7 Å². The van der Waals surface area contributed by atoms with E-state index in [9.17, 15) is 18.8 Å². The maximum atomic E-state index is 13.5. The molecule has 0 radical (unpaired) electrons. The topological polar surface area (TPSA) is 126 Å². The van der Waals surface area contributed by atoms with E-state index in [1.807, 2.05) is 0 Å². The molecule has 40 heavy (non-hydrogen) atoms. The van der Waals surface area contributed by atoms with Crippen LogP contribution in [0.15, 0.2) is 59.5 Å². The number of carbonyl (C=O) groups excluding carboxylic acids is 3. The van der Waals surface area contributed by atoms with Gasteiger partial charge in [-0.05, 0) is 78.6 Å². The van der Waals surface area contributed by atoms with Crippen molar-refractivity contribution in [3.63, 3.8) is 0 Å². The van der Waals surface area contributed by atoms with Crippen molar-refractivity contribution in [2.24, 2.45) is 0 Å². The number of hydrogen-bond donors (Lipinski definition) is 1. The first kappa shape index (κ1) is 30.3. The number of allylic oxidation sites excluding steroid dienone is 1. The molecule has 2 heterocycles. The van der Waals surface area contributed by atoms with E-state index in [-0.39, 0.29) is 30.3 Å². The highest BCUT2D eigenvalue weighted by molar-refractivity contribution is 5.91. The minimum absolute atomic E-state index is 0.0468. The average Bonchev–Trinajstić information content (AvgIpc) is 3.52. The van der Waals surface area contributed by atoms with Gasteiger partial charge >= 0.3 is 12.2 Å². The Kier molecular flexibility index (Phi) is 9.62. The average molecular weight is 555 g/mol. The van der Waals surface area contributed by atoms with Crippen LogP contribution in [0.1, 0.15) is 83.4 Å². The summed E-state index contributed by atoms with van der Waals surface area (Å²) in [6, 6.07) is 4.86. The number of carbonyl (C=O) groups is 3. The Morgan fingerprint density at radius 1 is 1.05 bits per heavy atom. The fourth-order valence-electron chi connectivity index (χ4n) is 3.57. The number of halogens is 1. The van der Waals surface area contributed by atoms with E-state index in [1.54, 1.807) is 65.8 Å². The smallest absolute Gasteiger partial charge is 0.420 e. The molecule has 0 spiro atoms. The van der Waals surface area contributed by atoms with Crippen LogP contribution in [-0.4, -0.2) is 43.7 Å². The Morgan fingerprint density at radius 2 is 1.73 bits per heavy atom. The zero-order valence-electron chi connectivity index (χ0n) is 23.6. The molecular formula is C29H35FN4O6. The number of aromatic nitrogens is 3. The van der Waals surface area contributed by atoms with E-state index in [1.165, 1.54) is 35.4 Å². The molecule has 1 N–H and O–H groups in total. The number of ketones is 1. The Balaban J connectivity index is 1.91. The van der Waals surface area contributed by atoms with Crippen LogP contribution in [0.2, 0.25) is 0 Å². The van der Waals surface area contributed by atoms with E-state index in [4.69, 9.17) is 13.9 Å². The number of alkyl carbamates (subject to hydrolysis) is 1. The number of nitrogens with one attached hydrogen (secondary N) is 1. The molecule has 0 fully saturated rings. The summed E-state index contributed by atoms with van der Waals surface area (Å²) in [6.07, 6.45) is 7.19. The van der Waals surface area contributed by atoms with Crippen molar-refractivity contribution in [3.8, 4) is 11.3 Å². The number of rotatable bonds is 9. The van der Waals surface area contributed by atoms with Crippen LogP contribution in [0, 0.1) is 5.82 Å². The molecule has 0 aliphatic carbocycles. The van der Waals surface area contributed by atoms with Gasteiger partial charge in [0.15, 0.2) is 0 Å². The van der Waals surface area contributed by atoms with Crippen LogP contribution in [0.3, 0.4) is 0 Å². The number of benzene rings is 1. The number of imidazole rings is 1. The molecule has 214 valence electrons. The first-order valence-electron chi connectivity index (χ1n) is 12.9. The summed E-state index contributed by atoms with van der Waals surface area (Å²) >= 11 is 0. The molecule has 3 aromatic rings. The van der Waals surface area contributed by atoms with Gasteiger partial charge in [-0.25, -0.2) is 28.5 Å². The number of amides is 1. The molecule has 0 aliphatic rings. The van der Waals surface area contributed by atoms with Crippen molar-refractivity contribution in [3.05, 3.63) is 72.6 Å². The third-order valence-corrected chi connectivity index (χ3v) is 5.21. The van der Waals surface area contributed by atoms with Crippen LogP contribution >= 0.6 is 0 Å². The van der Waals surface area contributed by atoms with Gasteiger partial charge in [0.25, 0.3) is 5.89 Å². The van der Waals surface area contributed by atoms with Crippen LogP contribution in [0.4, 0.5) is 14.0 Å². The summed E-state index contributed by atoms with van der Waals surface area (Å²) in [4.78, 5) is 46.6. The van der Waals surface area contributed by atoms with Gasteiger partial charge in [-0.3, -0.25) is 4.79 Å². The summed E-state index contributed by atoms with van der Waals surface area (Å²) in [6.45, 7) is 10.4. The van der Waals surface area contributed by atoms with Gasteiger partial charge < -0.3 is 19.2 Å². The lowest BCUT2D eigenvalue weighted by Gasteiger charge is -2.24. The van der Waals surface area contributed by atoms with Crippen molar-refractivity contribution in [2.75, 3.05) is 0 Å². The Bertz CT molecular complexity index is 1330. The first-order valence-corrected chi connectivity index (χ1v) is 12.9. The monoisotopic (exact) mass is 554 g/mol. The largest absolute Gasteiger partial charge is 0.444 e. The molecule has 2 aromatic heterocycles. The molecule has 1 atom stereocenters. The molecule has 0 saturated heterocycles. The van der Waals surface area contributed by atoms with Crippen molar-refractivity contribution in [1.82, 2.24) is 19.9 Å². The highest BCUT2D eigenvalue weighted by atomic mass is 19.1. The summed E-state index contributed by atoms with van der Waals surface area (Å²) in [5.41, 5.74) is -0.596. The van der Waals surface area contributed by atoms with Gasteiger partial charge in [-0.1, -0.05) is 12.2 Å². The summed E-state index contributed by atoms with van der Waals surface area (Å²) < 4.78 is 30.8.